The van der Waals surface area contributed by atoms with E-state index in [1.165, 1.54) is 11.1 Å². The summed E-state index contributed by atoms with van der Waals surface area (Å²) in [5.41, 5.74) is 11.4. The molecular weight excluding hydrogens is 246 g/mol. The SMILES string of the molecule is NC(CC1Cc2ccccc21)c1coc2ccccc12. The molecule has 20 heavy (non-hydrogen) atoms. The first-order valence-electron chi connectivity index (χ1n) is 7.12. The number of nitrogens with two attached hydrogens (primary N) is 1. The van der Waals surface area contributed by atoms with Crippen LogP contribution in [0.3, 0.4) is 0 Å². The summed E-state index contributed by atoms with van der Waals surface area (Å²) in [7, 11) is 0. The van der Waals surface area contributed by atoms with E-state index in [2.05, 4.69) is 30.3 Å². The Morgan fingerprint density at radius 2 is 1.90 bits per heavy atom. The fourth-order valence-corrected chi connectivity index (χ4v) is 3.29. The van der Waals surface area contributed by atoms with Crippen molar-refractivity contribution in [2.45, 2.75) is 24.8 Å². The summed E-state index contributed by atoms with van der Waals surface area (Å²) in [5.74, 6) is 0.592. The molecule has 100 valence electrons. The minimum atomic E-state index is 0.0389. The Kier molecular flexibility index (Phi) is 2.64. The van der Waals surface area contributed by atoms with Crippen LogP contribution < -0.4 is 5.73 Å². The highest BCUT2D eigenvalue weighted by Crippen LogP contribution is 2.41. The van der Waals surface area contributed by atoms with Gasteiger partial charge in [0.05, 0.1) is 6.26 Å². The van der Waals surface area contributed by atoms with Crippen molar-refractivity contribution < 1.29 is 4.42 Å². The Labute approximate surface area is 118 Å². The van der Waals surface area contributed by atoms with Crippen LogP contribution in [-0.4, -0.2) is 0 Å². The van der Waals surface area contributed by atoms with Gasteiger partial charge in [0.25, 0.3) is 0 Å². The summed E-state index contributed by atoms with van der Waals surface area (Å²) in [6.45, 7) is 0. The molecule has 4 rings (SSSR count). The molecule has 0 amide bonds. The molecule has 3 aromatic rings. The standard InChI is InChI=1S/C18H17NO/c19-17(10-13-9-12-5-1-2-6-14(12)13)16-11-20-18-8-4-3-7-15(16)18/h1-8,11,13,17H,9-10,19H2. The molecule has 0 fully saturated rings. The third kappa shape index (κ3) is 1.76. The van der Waals surface area contributed by atoms with Gasteiger partial charge in [-0.25, -0.2) is 0 Å². The normalized spacial score (nSPS) is 18.6. The average molecular weight is 263 g/mol. The fourth-order valence-electron chi connectivity index (χ4n) is 3.29. The van der Waals surface area contributed by atoms with Gasteiger partial charge in [-0.2, -0.15) is 0 Å². The average Bonchev–Trinajstić information content (AvgIpc) is 2.88. The smallest absolute Gasteiger partial charge is 0.134 e. The lowest BCUT2D eigenvalue weighted by molar-refractivity contribution is 0.494. The molecule has 0 bridgehead atoms. The molecule has 0 saturated carbocycles. The number of fused-ring (bicyclic) bond motifs is 2. The monoisotopic (exact) mass is 263 g/mol. The van der Waals surface area contributed by atoms with Gasteiger partial charge in [-0.15, -0.1) is 0 Å². The summed E-state index contributed by atoms with van der Waals surface area (Å²) in [4.78, 5) is 0. The van der Waals surface area contributed by atoms with Crippen LogP contribution in [0.5, 0.6) is 0 Å². The molecule has 1 heterocycles. The lowest BCUT2D eigenvalue weighted by Gasteiger charge is -2.31. The van der Waals surface area contributed by atoms with E-state index in [0.717, 1.165) is 29.4 Å². The number of furan rings is 1. The minimum Gasteiger partial charge on any atom is -0.464 e. The quantitative estimate of drug-likeness (QED) is 0.770. The molecule has 0 saturated heterocycles. The number of rotatable bonds is 3. The molecular formula is C18H17NO. The Morgan fingerprint density at radius 3 is 2.80 bits per heavy atom. The van der Waals surface area contributed by atoms with E-state index in [0.29, 0.717) is 5.92 Å². The molecule has 1 aliphatic rings. The number of para-hydroxylation sites is 1. The predicted octanol–water partition coefficient (Wildman–Crippen LogP) is 4.16. The predicted molar refractivity (Wildman–Crippen MR) is 80.6 cm³/mol. The second kappa shape index (κ2) is 4.50. The Morgan fingerprint density at radius 1 is 1.10 bits per heavy atom. The van der Waals surface area contributed by atoms with E-state index in [9.17, 15) is 0 Å². The largest absolute Gasteiger partial charge is 0.464 e. The minimum absolute atomic E-state index is 0.0389. The molecule has 2 unspecified atom stereocenters. The number of hydrogen-bond acceptors (Lipinski definition) is 2. The van der Waals surface area contributed by atoms with Crippen molar-refractivity contribution in [3.05, 3.63) is 71.5 Å². The Balaban J connectivity index is 1.58. The van der Waals surface area contributed by atoms with E-state index in [1.807, 2.05) is 24.5 Å². The summed E-state index contributed by atoms with van der Waals surface area (Å²) in [6.07, 6.45) is 3.96. The first-order chi connectivity index (χ1) is 9.83. The number of hydrogen-bond donors (Lipinski definition) is 1. The van der Waals surface area contributed by atoms with Crippen LogP contribution in [0.15, 0.2) is 59.2 Å². The molecule has 2 N–H and O–H groups in total. The van der Waals surface area contributed by atoms with Crippen LogP contribution in [0.1, 0.15) is 35.1 Å². The maximum absolute atomic E-state index is 6.41. The first kappa shape index (κ1) is 11.7. The van der Waals surface area contributed by atoms with Gasteiger partial charge >= 0.3 is 0 Å². The molecule has 2 nitrogen and oxygen atoms in total. The zero-order valence-corrected chi connectivity index (χ0v) is 11.3. The summed E-state index contributed by atoms with van der Waals surface area (Å²) in [6, 6.07) is 16.8. The maximum atomic E-state index is 6.41. The Hall–Kier alpha value is -2.06. The summed E-state index contributed by atoms with van der Waals surface area (Å²) < 4.78 is 5.59. The van der Waals surface area contributed by atoms with E-state index < -0.39 is 0 Å². The highest BCUT2D eigenvalue weighted by atomic mass is 16.3. The van der Waals surface area contributed by atoms with E-state index in [1.54, 1.807) is 0 Å². The first-order valence-corrected chi connectivity index (χ1v) is 7.12. The second-order valence-electron chi connectivity index (χ2n) is 5.63. The van der Waals surface area contributed by atoms with Crippen LogP contribution in [0, 0.1) is 0 Å². The fraction of sp³-hybridized carbons (Fsp3) is 0.222. The van der Waals surface area contributed by atoms with Crippen molar-refractivity contribution in [3.8, 4) is 0 Å². The van der Waals surface area contributed by atoms with Crippen molar-refractivity contribution >= 4 is 11.0 Å². The third-order valence-electron chi connectivity index (χ3n) is 4.41. The van der Waals surface area contributed by atoms with Crippen molar-refractivity contribution in [1.82, 2.24) is 0 Å². The highest BCUT2D eigenvalue weighted by molar-refractivity contribution is 5.81. The maximum Gasteiger partial charge on any atom is 0.134 e. The molecule has 0 radical (unpaired) electrons. The molecule has 1 aromatic heterocycles. The molecule has 0 spiro atoms. The van der Waals surface area contributed by atoms with Gasteiger partial charge in [-0.05, 0) is 36.0 Å². The molecule has 2 atom stereocenters. The van der Waals surface area contributed by atoms with Gasteiger partial charge in [-0.1, -0.05) is 42.5 Å². The van der Waals surface area contributed by atoms with E-state index in [-0.39, 0.29) is 6.04 Å². The van der Waals surface area contributed by atoms with E-state index >= 15 is 0 Å². The Bertz CT molecular complexity index is 759. The number of benzene rings is 2. The van der Waals surface area contributed by atoms with Crippen LogP contribution >= 0.6 is 0 Å². The van der Waals surface area contributed by atoms with Crippen molar-refractivity contribution in [2.24, 2.45) is 5.73 Å². The van der Waals surface area contributed by atoms with Crippen molar-refractivity contribution in [3.63, 3.8) is 0 Å². The van der Waals surface area contributed by atoms with Gasteiger partial charge in [0.15, 0.2) is 0 Å². The summed E-state index contributed by atoms with van der Waals surface area (Å²) in [5, 5.41) is 1.15. The van der Waals surface area contributed by atoms with Crippen molar-refractivity contribution in [1.29, 1.82) is 0 Å². The highest BCUT2D eigenvalue weighted by Gasteiger charge is 2.28. The topological polar surface area (TPSA) is 39.2 Å². The van der Waals surface area contributed by atoms with Gasteiger partial charge in [-0.3, -0.25) is 0 Å². The van der Waals surface area contributed by atoms with Crippen LogP contribution in [-0.2, 0) is 6.42 Å². The lowest BCUT2D eigenvalue weighted by atomic mass is 9.74. The lowest BCUT2D eigenvalue weighted by Crippen LogP contribution is -2.22. The summed E-state index contributed by atoms with van der Waals surface area (Å²) >= 11 is 0. The molecule has 0 aliphatic heterocycles. The molecule has 1 aliphatic carbocycles. The molecule has 2 aromatic carbocycles. The second-order valence-corrected chi connectivity index (χ2v) is 5.63. The third-order valence-corrected chi connectivity index (χ3v) is 4.41. The van der Waals surface area contributed by atoms with Gasteiger partial charge in [0.1, 0.15) is 5.58 Å². The molecule has 2 heteroatoms. The van der Waals surface area contributed by atoms with Crippen LogP contribution in [0.4, 0.5) is 0 Å². The van der Waals surface area contributed by atoms with E-state index in [4.69, 9.17) is 10.2 Å². The van der Waals surface area contributed by atoms with Gasteiger partial charge in [0.2, 0.25) is 0 Å². The van der Waals surface area contributed by atoms with Gasteiger partial charge < -0.3 is 10.2 Å². The van der Waals surface area contributed by atoms with Crippen LogP contribution in [0.2, 0.25) is 0 Å². The zero-order chi connectivity index (χ0) is 13.5. The van der Waals surface area contributed by atoms with Gasteiger partial charge in [0, 0.05) is 17.0 Å². The zero-order valence-electron chi connectivity index (χ0n) is 11.3. The van der Waals surface area contributed by atoms with Crippen molar-refractivity contribution in [2.75, 3.05) is 0 Å². The van der Waals surface area contributed by atoms with Crippen LogP contribution in [0.25, 0.3) is 11.0 Å².